The number of hydrogen-bond donors (Lipinski definition) is 1. The summed E-state index contributed by atoms with van der Waals surface area (Å²) < 4.78 is 12.0. The van der Waals surface area contributed by atoms with Gasteiger partial charge in [0.2, 0.25) is 0 Å². The SMILES string of the molecule is CCOc1ccccc1C(COC1CCCCC1C)NC. The standard InChI is InChI=1S/C18H29NO2/c1-4-20-18-12-8-6-10-15(18)16(19-3)13-21-17-11-7-5-9-14(17)2/h6,8,10,12,14,16-17,19H,4-5,7,9,11,13H2,1-3H3. The number of rotatable bonds is 7. The van der Waals surface area contributed by atoms with Crippen molar-refractivity contribution in [1.82, 2.24) is 5.32 Å². The number of benzene rings is 1. The molecule has 1 aromatic carbocycles. The van der Waals surface area contributed by atoms with Gasteiger partial charge in [-0.15, -0.1) is 0 Å². The maximum absolute atomic E-state index is 6.22. The fourth-order valence-corrected chi connectivity index (χ4v) is 3.13. The van der Waals surface area contributed by atoms with E-state index in [-0.39, 0.29) is 6.04 Å². The highest BCUT2D eigenvalue weighted by Crippen LogP contribution is 2.29. The summed E-state index contributed by atoms with van der Waals surface area (Å²) in [6.07, 6.45) is 5.56. The van der Waals surface area contributed by atoms with Crippen molar-refractivity contribution in [2.24, 2.45) is 5.92 Å². The lowest BCUT2D eigenvalue weighted by Gasteiger charge is -2.30. The molecule has 0 aromatic heterocycles. The monoisotopic (exact) mass is 291 g/mol. The average Bonchev–Trinajstić information content (AvgIpc) is 2.51. The molecule has 2 rings (SSSR count). The number of likely N-dealkylation sites (N-methyl/N-ethyl adjacent to an activating group) is 1. The predicted octanol–water partition coefficient (Wildman–Crippen LogP) is 3.94. The van der Waals surface area contributed by atoms with Crippen LogP contribution in [0.2, 0.25) is 0 Å². The fraction of sp³-hybridized carbons (Fsp3) is 0.667. The third-order valence-corrected chi connectivity index (χ3v) is 4.45. The zero-order valence-electron chi connectivity index (χ0n) is 13.6. The molecule has 0 radical (unpaired) electrons. The van der Waals surface area contributed by atoms with Crippen LogP contribution in [0.25, 0.3) is 0 Å². The third kappa shape index (κ3) is 4.45. The largest absolute Gasteiger partial charge is 0.494 e. The maximum Gasteiger partial charge on any atom is 0.124 e. The molecule has 21 heavy (non-hydrogen) atoms. The minimum absolute atomic E-state index is 0.182. The second kappa shape index (κ2) is 8.40. The van der Waals surface area contributed by atoms with Gasteiger partial charge >= 0.3 is 0 Å². The van der Waals surface area contributed by atoms with E-state index < -0.39 is 0 Å². The summed E-state index contributed by atoms with van der Waals surface area (Å²) in [5.41, 5.74) is 1.19. The fourth-order valence-electron chi connectivity index (χ4n) is 3.13. The normalized spacial score (nSPS) is 23.8. The number of nitrogens with one attached hydrogen (secondary N) is 1. The van der Waals surface area contributed by atoms with Gasteiger partial charge < -0.3 is 14.8 Å². The molecule has 1 aliphatic carbocycles. The van der Waals surface area contributed by atoms with E-state index in [1.54, 1.807) is 0 Å². The smallest absolute Gasteiger partial charge is 0.124 e. The van der Waals surface area contributed by atoms with Crippen LogP contribution >= 0.6 is 0 Å². The Morgan fingerprint density at radius 2 is 2.00 bits per heavy atom. The zero-order valence-corrected chi connectivity index (χ0v) is 13.6. The van der Waals surface area contributed by atoms with Crippen molar-refractivity contribution in [3.05, 3.63) is 29.8 Å². The van der Waals surface area contributed by atoms with Gasteiger partial charge in [-0.2, -0.15) is 0 Å². The van der Waals surface area contributed by atoms with Crippen LogP contribution in [0.1, 0.15) is 51.1 Å². The van der Waals surface area contributed by atoms with Gasteiger partial charge in [-0.1, -0.05) is 38.0 Å². The van der Waals surface area contributed by atoms with Crippen LogP contribution in [0.4, 0.5) is 0 Å². The van der Waals surface area contributed by atoms with Gasteiger partial charge in [0.15, 0.2) is 0 Å². The van der Waals surface area contributed by atoms with Gasteiger partial charge in [0.05, 0.1) is 25.4 Å². The first-order valence-corrected chi connectivity index (χ1v) is 8.26. The van der Waals surface area contributed by atoms with Gasteiger partial charge in [-0.25, -0.2) is 0 Å². The molecule has 1 aromatic rings. The molecule has 1 fully saturated rings. The summed E-state index contributed by atoms with van der Waals surface area (Å²) in [6, 6.07) is 8.42. The maximum atomic E-state index is 6.22. The Balaban J connectivity index is 1.99. The Bertz CT molecular complexity index is 421. The van der Waals surface area contributed by atoms with E-state index in [0.29, 0.717) is 25.2 Å². The highest BCUT2D eigenvalue weighted by Gasteiger charge is 2.23. The van der Waals surface area contributed by atoms with Gasteiger partial charge in [-0.3, -0.25) is 0 Å². The first-order chi connectivity index (χ1) is 10.3. The summed E-state index contributed by atoms with van der Waals surface area (Å²) in [5, 5.41) is 3.37. The molecule has 0 bridgehead atoms. The highest BCUT2D eigenvalue weighted by molar-refractivity contribution is 5.36. The lowest BCUT2D eigenvalue weighted by molar-refractivity contribution is -0.0147. The minimum atomic E-state index is 0.182. The topological polar surface area (TPSA) is 30.5 Å². The van der Waals surface area contributed by atoms with Crippen LogP contribution < -0.4 is 10.1 Å². The molecular weight excluding hydrogens is 262 g/mol. The van der Waals surface area contributed by atoms with Crippen molar-refractivity contribution in [2.45, 2.75) is 51.7 Å². The van der Waals surface area contributed by atoms with Crippen LogP contribution in [-0.4, -0.2) is 26.4 Å². The Morgan fingerprint density at radius 1 is 1.24 bits per heavy atom. The Labute approximate surface area is 129 Å². The Kier molecular flexibility index (Phi) is 6.52. The van der Waals surface area contributed by atoms with Crippen LogP contribution in [0.15, 0.2) is 24.3 Å². The molecule has 3 atom stereocenters. The second-order valence-electron chi connectivity index (χ2n) is 5.95. The number of hydrogen-bond acceptors (Lipinski definition) is 3. The Hall–Kier alpha value is -1.06. The van der Waals surface area contributed by atoms with E-state index in [1.165, 1.54) is 31.2 Å². The molecule has 118 valence electrons. The molecule has 3 nitrogen and oxygen atoms in total. The van der Waals surface area contributed by atoms with Crippen LogP contribution in [0.5, 0.6) is 5.75 Å². The predicted molar refractivity (Wildman–Crippen MR) is 86.8 cm³/mol. The van der Waals surface area contributed by atoms with Gasteiger partial charge in [0.1, 0.15) is 5.75 Å². The summed E-state index contributed by atoms with van der Waals surface area (Å²) >= 11 is 0. The average molecular weight is 291 g/mol. The number of ether oxygens (including phenoxy) is 2. The molecule has 1 saturated carbocycles. The first kappa shape index (κ1) is 16.3. The molecule has 0 heterocycles. The summed E-state index contributed by atoms with van der Waals surface area (Å²) in [6.45, 7) is 5.72. The first-order valence-electron chi connectivity index (χ1n) is 8.26. The molecule has 0 amide bonds. The van der Waals surface area contributed by atoms with Crippen molar-refractivity contribution >= 4 is 0 Å². The second-order valence-corrected chi connectivity index (χ2v) is 5.95. The van der Waals surface area contributed by atoms with Crippen LogP contribution in [0, 0.1) is 5.92 Å². The molecule has 1 aliphatic rings. The van der Waals surface area contributed by atoms with Gasteiger partial charge in [0, 0.05) is 5.56 Å². The lowest BCUT2D eigenvalue weighted by atomic mass is 9.88. The third-order valence-electron chi connectivity index (χ3n) is 4.45. The zero-order chi connectivity index (χ0) is 15.1. The highest BCUT2D eigenvalue weighted by atomic mass is 16.5. The molecule has 0 spiro atoms. The summed E-state index contributed by atoms with van der Waals surface area (Å²) in [5.74, 6) is 1.64. The van der Waals surface area contributed by atoms with Gasteiger partial charge in [0.25, 0.3) is 0 Å². The molecule has 1 N–H and O–H groups in total. The van der Waals surface area contributed by atoms with Crippen molar-refractivity contribution in [3.63, 3.8) is 0 Å². The molecule has 0 saturated heterocycles. The lowest BCUT2D eigenvalue weighted by Crippen LogP contribution is -2.30. The van der Waals surface area contributed by atoms with E-state index in [4.69, 9.17) is 9.47 Å². The van der Waals surface area contributed by atoms with E-state index >= 15 is 0 Å². The number of para-hydroxylation sites is 1. The van der Waals surface area contributed by atoms with Gasteiger partial charge in [-0.05, 0) is 38.8 Å². The molecule has 3 unspecified atom stereocenters. The summed E-state index contributed by atoms with van der Waals surface area (Å²) in [7, 11) is 1.99. The Morgan fingerprint density at radius 3 is 2.71 bits per heavy atom. The van der Waals surface area contributed by atoms with Crippen LogP contribution in [-0.2, 0) is 4.74 Å². The summed E-state index contributed by atoms with van der Waals surface area (Å²) in [4.78, 5) is 0. The quantitative estimate of drug-likeness (QED) is 0.825. The van der Waals surface area contributed by atoms with Crippen molar-refractivity contribution in [2.75, 3.05) is 20.3 Å². The van der Waals surface area contributed by atoms with E-state index in [0.717, 1.165) is 5.75 Å². The van der Waals surface area contributed by atoms with Crippen molar-refractivity contribution in [3.8, 4) is 5.75 Å². The molecular formula is C18H29NO2. The molecule has 0 aliphatic heterocycles. The van der Waals surface area contributed by atoms with E-state index in [1.807, 2.05) is 26.1 Å². The van der Waals surface area contributed by atoms with Crippen LogP contribution in [0.3, 0.4) is 0 Å². The van der Waals surface area contributed by atoms with Crippen molar-refractivity contribution in [1.29, 1.82) is 0 Å². The van der Waals surface area contributed by atoms with Crippen molar-refractivity contribution < 1.29 is 9.47 Å². The minimum Gasteiger partial charge on any atom is -0.494 e. The van der Waals surface area contributed by atoms with E-state index in [2.05, 4.69) is 24.4 Å². The molecule has 3 heteroatoms. The van der Waals surface area contributed by atoms with E-state index in [9.17, 15) is 0 Å².